The minimum atomic E-state index is -0.998. The first kappa shape index (κ1) is 22.2. The second-order valence-corrected chi connectivity index (χ2v) is 12.6. The Morgan fingerprint density at radius 1 is 1.06 bits per heavy atom. The van der Waals surface area contributed by atoms with Crippen molar-refractivity contribution in [3.05, 3.63) is 24.2 Å². The van der Waals surface area contributed by atoms with Crippen LogP contribution in [0.25, 0.3) is 0 Å². The molecule has 4 fully saturated rings. The van der Waals surface area contributed by atoms with Crippen molar-refractivity contribution in [1.82, 2.24) is 5.32 Å². The Bertz CT molecular complexity index is 914. The van der Waals surface area contributed by atoms with Crippen molar-refractivity contribution >= 4 is 5.84 Å². The van der Waals surface area contributed by atoms with Crippen LogP contribution in [-0.4, -0.2) is 34.7 Å². The molecule has 0 spiro atoms. The number of aliphatic hydroxyl groups is 2. The molecular formula is C28H42N2O3. The van der Waals surface area contributed by atoms with Gasteiger partial charge in [-0.25, -0.2) is 0 Å². The van der Waals surface area contributed by atoms with Crippen molar-refractivity contribution in [1.29, 1.82) is 0 Å². The number of nitrogens with zero attached hydrogens (tertiary/aromatic N) is 1. The summed E-state index contributed by atoms with van der Waals surface area (Å²) in [4.78, 5) is 4.61. The van der Waals surface area contributed by atoms with Crippen LogP contribution in [0.5, 0.6) is 0 Å². The highest BCUT2D eigenvalue weighted by Crippen LogP contribution is 2.72. The number of hydrogen-bond donors (Lipinski definition) is 3. The predicted molar refractivity (Wildman–Crippen MR) is 129 cm³/mol. The zero-order valence-electron chi connectivity index (χ0n) is 20.5. The van der Waals surface area contributed by atoms with E-state index in [1.54, 1.807) is 12.5 Å². The minimum absolute atomic E-state index is 0.290. The maximum Gasteiger partial charge on any atom is 0.101 e. The monoisotopic (exact) mass is 454 g/mol. The van der Waals surface area contributed by atoms with Crippen molar-refractivity contribution in [3.63, 3.8) is 0 Å². The molecule has 0 amide bonds. The van der Waals surface area contributed by atoms with Crippen LogP contribution < -0.4 is 5.32 Å². The number of nitrogens with one attached hydrogen (secondary N) is 1. The molecule has 6 rings (SSSR count). The Hall–Kier alpha value is -1.33. The van der Waals surface area contributed by atoms with Gasteiger partial charge in [0.25, 0.3) is 0 Å². The average molecular weight is 455 g/mol. The normalized spacial score (nSPS) is 49.0. The first-order valence-corrected chi connectivity index (χ1v) is 13.5. The molecule has 8 atom stereocenters. The largest absolute Gasteiger partial charge is 0.472 e. The quantitative estimate of drug-likeness (QED) is 0.597. The van der Waals surface area contributed by atoms with Gasteiger partial charge in [0, 0.05) is 23.9 Å². The van der Waals surface area contributed by atoms with Gasteiger partial charge in [-0.2, -0.15) is 0 Å². The molecule has 182 valence electrons. The molecule has 0 radical (unpaired) electrons. The van der Waals surface area contributed by atoms with Crippen LogP contribution in [0, 0.1) is 34.5 Å². The van der Waals surface area contributed by atoms with Crippen LogP contribution in [-0.2, 0) is 5.60 Å². The van der Waals surface area contributed by atoms with Crippen LogP contribution in [0.3, 0.4) is 0 Å². The summed E-state index contributed by atoms with van der Waals surface area (Å²) >= 11 is 0. The summed E-state index contributed by atoms with van der Waals surface area (Å²) in [6.45, 7) is 6.67. The number of furan rings is 1. The first-order valence-electron chi connectivity index (χ1n) is 13.5. The molecule has 3 unspecified atom stereocenters. The first-order chi connectivity index (χ1) is 15.8. The summed E-state index contributed by atoms with van der Waals surface area (Å²) in [6.07, 6.45) is 15.4. The lowest BCUT2D eigenvalue weighted by Gasteiger charge is -2.64. The molecular weight excluding hydrogens is 412 g/mol. The summed E-state index contributed by atoms with van der Waals surface area (Å²) < 4.78 is 5.36. The van der Waals surface area contributed by atoms with Gasteiger partial charge in [-0.05, 0) is 92.9 Å². The number of amidine groups is 1. The van der Waals surface area contributed by atoms with Crippen molar-refractivity contribution in [3.8, 4) is 0 Å². The smallest absolute Gasteiger partial charge is 0.101 e. The molecule has 4 saturated carbocycles. The van der Waals surface area contributed by atoms with Crippen molar-refractivity contribution < 1.29 is 14.6 Å². The van der Waals surface area contributed by atoms with E-state index in [1.165, 1.54) is 37.9 Å². The van der Waals surface area contributed by atoms with Gasteiger partial charge < -0.3 is 19.9 Å². The van der Waals surface area contributed by atoms with Gasteiger partial charge in [-0.15, -0.1) is 0 Å². The fourth-order valence-corrected chi connectivity index (χ4v) is 9.64. The van der Waals surface area contributed by atoms with Gasteiger partial charge in [0.15, 0.2) is 0 Å². The molecule has 0 saturated heterocycles. The zero-order chi connectivity index (χ0) is 22.9. The van der Waals surface area contributed by atoms with Crippen molar-refractivity contribution in [2.45, 2.75) is 95.7 Å². The lowest BCUT2D eigenvalue weighted by atomic mass is 9.42. The van der Waals surface area contributed by atoms with E-state index >= 15 is 0 Å². The minimum Gasteiger partial charge on any atom is -0.472 e. The molecule has 5 aliphatic rings. The molecule has 2 heterocycles. The maximum absolute atomic E-state index is 12.4. The number of rotatable bonds is 4. The van der Waals surface area contributed by atoms with E-state index in [-0.39, 0.29) is 5.92 Å². The fraction of sp³-hybridized carbons (Fsp3) is 0.821. The lowest BCUT2D eigenvalue weighted by molar-refractivity contribution is -0.238. The van der Waals surface area contributed by atoms with E-state index in [0.717, 1.165) is 56.2 Å². The Balaban J connectivity index is 1.25. The topological polar surface area (TPSA) is 78.0 Å². The lowest BCUT2D eigenvalue weighted by Crippen LogP contribution is -2.64. The van der Waals surface area contributed by atoms with Gasteiger partial charge >= 0.3 is 0 Å². The molecule has 1 aromatic rings. The summed E-state index contributed by atoms with van der Waals surface area (Å²) in [7, 11) is 0. The van der Waals surface area contributed by atoms with Crippen LogP contribution in [0.2, 0.25) is 0 Å². The molecule has 5 nitrogen and oxygen atoms in total. The van der Waals surface area contributed by atoms with E-state index in [0.29, 0.717) is 24.2 Å². The molecule has 33 heavy (non-hydrogen) atoms. The summed E-state index contributed by atoms with van der Waals surface area (Å²) in [5, 5.41) is 27.8. The molecule has 0 bridgehead atoms. The molecule has 1 aromatic heterocycles. The number of aliphatic imine (C=N–C) groups is 1. The van der Waals surface area contributed by atoms with Crippen LogP contribution in [0.1, 0.15) is 90.0 Å². The Kier molecular flexibility index (Phi) is 5.09. The van der Waals surface area contributed by atoms with Gasteiger partial charge in [0.05, 0.1) is 30.5 Å². The predicted octanol–water partition coefficient (Wildman–Crippen LogP) is 5.02. The number of hydrogen-bond acceptors (Lipinski definition) is 5. The Morgan fingerprint density at radius 2 is 1.91 bits per heavy atom. The molecule has 3 N–H and O–H groups in total. The standard InChI is InChI=1S/C28H42N2O3/c1-25-17-19(4-8-24-29-14-15-30-24)3-5-20(25)6-7-23-22(25)9-11-26(2)27(31,12-13-28(23,26)32)21-10-16-33-18-21/h10,16,18-20,22-23,31-32H,3-9,11-15,17H2,1-2H3,(H,29,30)/t19?,20?,22-,23-,25+,26-,27?,28-/m1/s1. The van der Waals surface area contributed by atoms with Crippen LogP contribution in [0.4, 0.5) is 0 Å². The Labute approximate surface area is 198 Å². The Morgan fingerprint density at radius 3 is 2.67 bits per heavy atom. The average Bonchev–Trinajstić information content (AvgIpc) is 3.55. The van der Waals surface area contributed by atoms with Crippen molar-refractivity contribution in [2.24, 2.45) is 39.5 Å². The highest BCUT2D eigenvalue weighted by Gasteiger charge is 2.72. The van der Waals surface area contributed by atoms with Crippen LogP contribution >= 0.6 is 0 Å². The second-order valence-electron chi connectivity index (χ2n) is 12.6. The summed E-state index contributed by atoms with van der Waals surface area (Å²) in [6, 6.07) is 1.90. The third kappa shape index (κ3) is 3.00. The van der Waals surface area contributed by atoms with Crippen LogP contribution in [0.15, 0.2) is 28.0 Å². The highest BCUT2D eigenvalue weighted by molar-refractivity contribution is 5.83. The second kappa shape index (κ2) is 7.58. The van der Waals surface area contributed by atoms with Gasteiger partial charge in [-0.3, -0.25) is 4.99 Å². The SMILES string of the molecule is C[C@]12CC(CCC3=NCCN3)CCC1CC[C@@H]1[C@H]2CC[C@]2(C)C(O)(c3ccoc3)CC[C@@]12O. The molecule has 1 aliphatic heterocycles. The van der Waals surface area contributed by atoms with Gasteiger partial charge in [-0.1, -0.05) is 20.3 Å². The summed E-state index contributed by atoms with van der Waals surface area (Å²) in [5.41, 5.74) is -1.16. The molecule has 0 aromatic carbocycles. The number of fused-ring (bicyclic) bond motifs is 5. The van der Waals surface area contributed by atoms with E-state index in [2.05, 4.69) is 24.2 Å². The molecule has 5 heteroatoms. The third-order valence-corrected chi connectivity index (χ3v) is 11.6. The maximum atomic E-state index is 12.4. The van der Waals surface area contributed by atoms with Gasteiger partial charge in [0.1, 0.15) is 5.60 Å². The van der Waals surface area contributed by atoms with E-state index in [9.17, 15) is 10.2 Å². The summed E-state index contributed by atoms with van der Waals surface area (Å²) in [5.74, 6) is 3.63. The highest BCUT2D eigenvalue weighted by atomic mass is 16.3. The fourth-order valence-electron chi connectivity index (χ4n) is 9.64. The third-order valence-electron chi connectivity index (χ3n) is 11.6. The molecule has 4 aliphatic carbocycles. The van der Waals surface area contributed by atoms with E-state index in [1.807, 2.05) is 6.07 Å². The van der Waals surface area contributed by atoms with Gasteiger partial charge in [0.2, 0.25) is 0 Å². The van der Waals surface area contributed by atoms with E-state index < -0.39 is 16.6 Å². The zero-order valence-corrected chi connectivity index (χ0v) is 20.5. The van der Waals surface area contributed by atoms with Crippen molar-refractivity contribution in [2.75, 3.05) is 13.1 Å². The van der Waals surface area contributed by atoms with E-state index in [4.69, 9.17) is 4.42 Å².